The molecule has 21 heavy (non-hydrogen) atoms. The molecule has 0 aliphatic rings. The first kappa shape index (κ1) is 20.1. The van der Waals surface area contributed by atoms with Gasteiger partial charge in [-0.1, -0.05) is 71.1 Å². The highest BCUT2D eigenvalue weighted by Gasteiger charge is 2.35. The Morgan fingerprint density at radius 1 is 0.857 bits per heavy atom. The van der Waals surface area contributed by atoms with Gasteiger partial charge in [0.25, 0.3) is 0 Å². The second kappa shape index (κ2) is 11.7. The summed E-state index contributed by atoms with van der Waals surface area (Å²) in [6.07, 6.45) is 13.6. The van der Waals surface area contributed by atoms with E-state index < -0.39 is 11.5 Å². The quantitative estimate of drug-likeness (QED) is 0.374. The zero-order chi connectivity index (χ0) is 16.1. The fourth-order valence-corrected chi connectivity index (χ4v) is 2.33. The number of carboxylic acid groups (broad SMARTS) is 1. The maximum Gasteiger partial charge on any atom is 0.331 e. The lowest BCUT2D eigenvalue weighted by atomic mass is 9.93. The minimum Gasteiger partial charge on any atom is -0.480 e. The molecule has 0 spiro atoms. The van der Waals surface area contributed by atoms with Gasteiger partial charge < -0.3 is 10.8 Å². The Kier molecular flexibility index (Phi) is 11.2. The molecule has 0 aromatic heterocycles. The van der Waals surface area contributed by atoms with Gasteiger partial charge in [-0.05, 0) is 13.3 Å². The molecule has 0 unspecified atom stereocenters. The fraction of sp³-hybridized carbons (Fsp3) is 0.882. The molecule has 3 N–H and O–H groups in total. The first-order chi connectivity index (χ1) is 9.92. The summed E-state index contributed by atoms with van der Waals surface area (Å²) in [5.41, 5.74) is 3.76. The molecule has 0 saturated heterocycles. The third-order valence-corrected chi connectivity index (χ3v) is 4.03. The van der Waals surface area contributed by atoms with E-state index in [0.717, 1.165) is 19.3 Å². The van der Waals surface area contributed by atoms with Crippen LogP contribution in [0.1, 0.15) is 90.9 Å². The third-order valence-electron chi connectivity index (χ3n) is 4.03. The van der Waals surface area contributed by atoms with E-state index >= 15 is 0 Å². The minimum absolute atomic E-state index is 0.274. The molecule has 0 radical (unpaired) electrons. The second-order valence-electron chi connectivity index (χ2n) is 6.22. The molecule has 0 rings (SSSR count). The Morgan fingerprint density at radius 3 is 1.62 bits per heavy atom. The van der Waals surface area contributed by atoms with Gasteiger partial charge in [-0.25, -0.2) is 4.79 Å². The second-order valence-corrected chi connectivity index (χ2v) is 6.22. The van der Waals surface area contributed by atoms with Crippen molar-refractivity contribution in [1.82, 2.24) is 0 Å². The van der Waals surface area contributed by atoms with Crippen LogP contribution in [0.25, 0.3) is 0 Å². The first-order valence-electron chi connectivity index (χ1n) is 8.48. The standard InChI is InChI=1S/C17H33NO3/c1-3-4-5-6-7-8-9-10-11-12-13-14-15(19)17(2,18)16(20)21/h3-14,18H2,1-2H3,(H,20,21)/t17-/m1/s1. The summed E-state index contributed by atoms with van der Waals surface area (Å²) < 4.78 is 0. The van der Waals surface area contributed by atoms with Gasteiger partial charge in [0.1, 0.15) is 0 Å². The molecule has 0 amide bonds. The van der Waals surface area contributed by atoms with Gasteiger partial charge in [-0.15, -0.1) is 0 Å². The predicted octanol–water partition coefficient (Wildman–Crippen LogP) is 4.06. The van der Waals surface area contributed by atoms with Gasteiger partial charge in [-0.3, -0.25) is 4.79 Å². The van der Waals surface area contributed by atoms with Crippen molar-refractivity contribution in [1.29, 1.82) is 0 Å². The Bertz CT molecular complexity index is 300. The van der Waals surface area contributed by atoms with Crippen LogP contribution in [0.15, 0.2) is 0 Å². The fourth-order valence-electron chi connectivity index (χ4n) is 2.33. The lowest BCUT2D eigenvalue weighted by Gasteiger charge is -2.17. The number of ketones is 1. The maximum atomic E-state index is 11.7. The van der Waals surface area contributed by atoms with Crippen molar-refractivity contribution in [2.75, 3.05) is 0 Å². The molecule has 0 aromatic rings. The van der Waals surface area contributed by atoms with Crippen LogP contribution >= 0.6 is 0 Å². The van der Waals surface area contributed by atoms with Crippen LogP contribution in [0.5, 0.6) is 0 Å². The highest BCUT2D eigenvalue weighted by molar-refractivity contribution is 6.06. The summed E-state index contributed by atoms with van der Waals surface area (Å²) in [5, 5.41) is 8.84. The van der Waals surface area contributed by atoms with Crippen molar-refractivity contribution in [2.24, 2.45) is 5.73 Å². The van der Waals surface area contributed by atoms with Crippen molar-refractivity contribution >= 4 is 11.8 Å². The number of Topliss-reactive ketones (excluding diaryl/α,β-unsaturated/α-hetero) is 1. The molecule has 4 heteroatoms. The van der Waals surface area contributed by atoms with Crippen LogP contribution in [-0.4, -0.2) is 22.4 Å². The zero-order valence-corrected chi connectivity index (χ0v) is 13.8. The van der Waals surface area contributed by atoms with Crippen molar-refractivity contribution in [3.8, 4) is 0 Å². The topological polar surface area (TPSA) is 80.4 Å². The van der Waals surface area contributed by atoms with E-state index in [1.165, 1.54) is 58.3 Å². The van der Waals surface area contributed by atoms with Crippen LogP contribution in [0.2, 0.25) is 0 Å². The summed E-state index contributed by atoms with van der Waals surface area (Å²) in [6.45, 7) is 3.50. The summed E-state index contributed by atoms with van der Waals surface area (Å²) in [4.78, 5) is 22.5. The number of rotatable bonds is 14. The molecule has 4 nitrogen and oxygen atoms in total. The largest absolute Gasteiger partial charge is 0.480 e. The average Bonchev–Trinajstić information content (AvgIpc) is 2.44. The predicted molar refractivity (Wildman–Crippen MR) is 86.3 cm³/mol. The third kappa shape index (κ3) is 9.62. The molecular weight excluding hydrogens is 266 g/mol. The molecule has 0 aromatic carbocycles. The molecular formula is C17H33NO3. The number of carbonyl (C=O) groups excluding carboxylic acids is 1. The smallest absolute Gasteiger partial charge is 0.331 e. The van der Waals surface area contributed by atoms with Crippen molar-refractivity contribution < 1.29 is 14.7 Å². The summed E-state index contributed by atoms with van der Waals surface area (Å²) in [5.74, 6) is -1.61. The van der Waals surface area contributed by atoms with Crippen LogP contribution < -0.4 is 5.73 Å². The maximum absolute atomic E-state index is 11.7. The molecule has 0 fully saturated rings. The van der Waals surface area contributed by atoms with Crippen LogP contribution in [0.3, 0.4) is 0 Å². The highest BCUT2D eigenvalue weighted by atomic mass is 16.4. The van der Waals surface area contributed by atoms with E-state index in [1.807, 2.05) is 0 Å². The molecule has 0 heterocycles. The Morgan fingerprint density at radius 2 is 1.24 bits per heavy atom. The SMILES string of the molecule is CCCCCCCCCCCCCC(=O)[C@@](C)(N)C(=O)O. The Balaban J connectivity index is 3.41. The molecule has 0 aliphatic heterocycles. The normalized spacial score (nSPS) is 13.9. The molecule has 0 aliphatic carbocycles. The lowest BCUT2D eigenvalue weighted by Crippen LogP contribution is -2.52. The molecule has 0 bridgehead atoms. The summed E-state index contributed by atoms with van der Waals surface area (Å²) >= 11 is 0. The van der Waals surface area contributed by atoms with E-state index in [2.05, 4.69) is 6.92 Å². The van der Waals surface area contributed by atoms with Crippen LogP contribution in [0.4, 0.5) is 0 Å². The number of nitrogens with two attached hydrogens (primary N) is 1. The van der Waals surface area contributed by atoms with Crippen molar-refractivity contribution in [2.45, 2.75) is 96.4 Å². The number of aliphatic carboxylic acids is 1. The zero-order valence-electron chi connectivity index (χ0n) is 13.8. The molecule has 1 atom stereocenters. The number of hydrogen-bond acceptors (Lipinski definition) is 3. The highest BCUT2D eigenvalue weighted by Crippen LogP contribution is 2.13. The first-order valence-corrected chi connectivity index (χ1v) is 8.48. The number of unbranched alkanes of at least 4 members (excludes halogenated alkanes) is 10. The molecule has 124 valence electrons. The molecule has 0 saturated carbocycles. The Hall–Kier alpha value is -0.900. The average molecular weight is 299 g/mol. The van der Waals surface area contributed by atoms with E-state index in [1.54, 1.807) is 0 Å². The van der Waals surface area contributed by atoms with Crippen molar-refractivity contribution in [3.05, 3.63) is 0 Å². The van der Waals surface area contributed by atoms with Gasteiger partial charge in [0, 0.05) is 6.42 Å². The number of carbonyl (C=O) groups is 2. The minimum atomic E-state index is -1.72. The van der Waals surface area contributed by atoms with E-state index in [4.69, 9.17) is 10.8 Å². The van der Waals surface area contributed by atoms with Gasteiger partial charge in [0.05, 0.1) is 0 Å². The van der Waals surface area contributed by atoms with Crippen LogP contribution in [-0.2, 0) is 9.59 Å². The number of hydrogen-bond donors (Lipinski definition) is 2. The lowest BCUT2D eigenvalue weighted by molar-refractivity contribution is -0.147. The van der Waals surface area contributed by atoms with Gasteiger partial charge in [0.15, 0.2) is 11.3 Å². The van der Waals surface area contributed by atoms with E-state index in [9.17, 15) is 9.59 Å². The van der Waals surface area contributed by atoms with Gasteiger partial charge in [-0.2, -0.15) is 0 Å². The Labute approximate surface area is 129 Å². The van der Waals surface area contributed by atoms with Crippen molar-refractivity contribution in [3.63, 3.8) is 0 Å². The summed E-state index contributed by atoms with van der Waals surface area (Å²) in [7, 11) is 0. The van der Waals surface area contributed by atoms with E-state index in [-0.39, 0.29) is 12.2 Å². The van der Waals surface area contributed by atoms with Gasteiger partial charge >= 0.3 is 5.97 Å². The summed E-state index contributed by atoms with van der Waals surface area (Å²) in [6, 6.07) is 0. The van der Waals surface area contributed by atoms with E-state index in [0.29, 0.717) is 0 Å². The number of carboxylic acids is 1. The van der Waals surface area contributed by atoms with Gasteiger partial charge in [0.2, 0.25) is 0 Å². The monoisotopic (exact) mass is 299 g/mol. The van der Waals surface area contributed by atoms with Crippen LogP contribution in [0, 0.1) is 0 Å².